The minimum Gasteiger partial charge on any atom is -0.496 e. The second-order valence-corrected chi connectivity index (χ2v) is 4.73. The lowest BCUT2D eigenvalue weighted by atomic mass is 9.87. The lowest BCUT2D eigenvalue weighted by Gasteiger charge is -2.18. The number of carbonyl (C=O) groups excluding carboxylic acids is 1. The summed E-state index contributed by atoms with van der Waals surface area (Å²) in [5, 5.41) is 0. The monoisotopic (exact) mass is 249 g/mol. The zero-order valence-corrected chi connectivity index (χ0v) is 12.0. The number of rotatable bonds is 5. The predicted octanol–water partition coefficient (Wildman–Crippen LogP) is 2.79. The normalized spacial score (nSPS) is 12.3. The van der Waals surface area contributed by atoms with Gasteiger partial charge in [-0.1, -0.05) is 6.92 Å². The molecule has 1 aromatic rings. The summed E-state index contributed by atoms with van der Waals surface area (Å²) >= 11 is 0. The van der Waals surface area contributed by atoms with Gasteiger partial charge in [-0.3, -0.25) is 4.79 Å². The van der Waals surface area contributed by atoms with Gasteiger partial charge in [0.25, 0.3) is 0 Å². The number of methoxy groups -OCH3 is 1. The molecule has 0 aliphatic heterocycles. The van der Waals surface area contributed by atoms with Crippen LogP contribution in [0.3, 0.4) is 0 Å². The van der Waals surface area contributed by atoms with Crippen LogP contribution < -0.4 is 10.5 Å². The van der Waals surface area contributed by atoms with Gasteiger partial charge in [-0.2, -0.15) is 0 Å². The van der Waals surface area contributed by atoms with Gasteiger partial charge in [-0.05, 0) is 49.9 Å². The highest BCUT2D eigenvalue weighted by Crippen LogP contribution is 2.29. The average molecular weight is 249 g/mol. The van der Waals surface area contributed by atoms with E-state index in [0.29, 0.717) is 6.54 Å². The Labute approximate surface area is 109 Å². The molecule has 0 aliphatic carbocycles. The molecule has 3 nitrogen and oxygen atoms in total. The third-order valence-corrected chi connectivity index (χ3v) is 3.66. The smallest absolute Gasteiger partial charge is 0.167 e. The fraction of sp³-hybridized carbons (Fsp3) is 0.533. The predicted molar refractivity (Wildman–Crippen MR) is 74.4 cm³/mol. The number of ketones is 1. The molecule has 1 rings (SSSR count). The summed E-state index contributed by atoms with van der Waals surface area (Å²) in [7, 11) is 1.65. The van der Waals surface area contributed by atoms with Crippen molar-refractivity contribution in [2.45, 2.75) is 34.1 Å². The SMILES string of the molecule is CCC(CN)C(=O)c1c(C)cc(OC)c(C)c1C. The van der Waals surface area contributed by atoms with Gasteiger partial charge >= 0.3 is 0 Å². The average Bonchev–Trinajstić information content (AvgIpc) is 2.35. The minimum atomic E-state index is -0.0878. The number of benzene rings is 1. The van der Waals surface area contributed by atoms with E-state index in [1.807, 2.05) is 33.8 Å². The van der Waals surface area contributed by atoms with E-state index in [4.69, 9.17) is 10.5 Å². The lowest BCUT2D eigenvalue weighted by molar-refractivity contribution is 0.0920. The molecule has 0 amide bonds. The first kappa shape index (κ1) is 14.7. The van der Waals surface area contributed by atoms with E-state index in [0.717, 1.165) is 34.4 Å². The molecule has 3 heteroatoms. The Morgan fingerprint density at radius 3 is 2.39 bits per heavy atom. The Kier molecular flexibility index (Phi) is 4.91. The number of hydrogen-bond donors (Lipinski definition) is 1. The van der Waals surface area contributed by atoms with Crippen molar-refractivity contribution in [1.29, 1.82) is 0 Å². The molecule has 18 heavy (non-hydrogen) atoms. The zero-order chi connectivity index (χ0) is 13.9. The molecule has 0 bridgehead atoms. The molecule has 1 atom stereocenters. The molecule has 1 unspecified atom stereocenters. The highest BCUT2D eigenvalue weighted by atomic mass is 16.5. The van der Waals surface area contributed by atoms with Crippen LogP contribution in [0.25, 0.3) is 0 Å². The first-order chi connectivity index (χ1) is 8.47. The Hall–Kier alpha value is -1.35. The van der Waals surface area contributed by atoms with Crippen LogP contribution in [0.2, 0.25) is 0 Å². The number of ether oxygens (including phenoxy) is 1. The van der Waals surface area contributed by atoms with Gasteiger partial charge in [-0.15, -0.1) is 0 Å². The van der Waals surface area contributed by atoms with Crippen molar-refractivity contribution in [2.24, 2.45) is 11.7 Å². The fourth-order valence-corrected chi connectivity index (χ4v) is 2.30. The summed E-state index contributed by atoms with van der Waals surface area (Å²) < 4.78 is 5.32. The largest absolute Gasteiger partial charge is 0.496 e. The topological polar surface area (TPSA) is 52.3 Å². The van der Waals surface area contributed by atoms with Crippen LogP contribution in [0.4, 0.5) is 0 Å². The first-order valence-corrected chi connectivity index (χ1v) is 6.36. The summed E-state index contributed by atoms with van der Waals surface area (Å²) in [6.45, 7) is 8.30. The molecule has 0 aliphatic rings. The van der Waals surface area contributed by atoms with Crippen LogP contribution in [0, 0.1) is 26.7 Å². The number of Topliss-reactive ketones (excluding diaryl/α,β-unsaturated/α-hetero) is 1. The number of aryl methyl sites for hydroxylation is 1. The summed E-state index contributed by atoms with van der Waals surface area (Å²) in [6.07, 6.45) is 0.777. The molecule has 1 aromatic carbocycles. The molecule has 100 valence electrons. The minimum absolute atomic E-state index is 0.0878. The van der Waals surface area contributed by atoms with Gasteiger partial charge in [-0.25, -0.2) is 0 Å². The van der Waals surface area contributed by atoms with E-state index in [-0.39, 0.29) is 11.7 Å². The molecular formula is C15H23NO2. The highest BCUT2D eigenvalue weighted by Gasteiger charge is 2.22. The van der Waals surface area contributed by atoms with Gasteiger partial charge in [0.15, 0.2) is 5.78 Å². The molecule has 0 heterocycles. The van der Waals surface area contributed by atoms with Crippen molar-refractivity contribution < 1.29 is 9.53 Å². The van der Waals surface area contributed by atoms with Crippen molar-refractivity contribution in [3.05, 3.63) is 28.3 Å². The molecule has 0 saturated heterocycles. The van der Waals surface area contributed by atoms with Crippen LogP contribution in [-0.2, 0) is 0 Å². The fourth-order valence-electron chi connectivity index (χ4n) is 2.30. The molecule has 0 aromatic heterocycles. The van der Waals surface area contributed by atoms with Crippen LogP contribution in [0.1, 0.15) is 40.4 Å². The Bertz CT molecular complexity index is 448. The van der Waals surface area contributed by atoms with E-state index in [2.05, 4.69) is 0 Å². The van der Waals surface area contributed by atoms with Gasteiger partial charge in [0.1, 0.15) is 5.75 Å². The quantitative estimate of drug-likeness (QED) is 0.816. The summed E-state index contributed by atoms with van der Waals surface area (Å²) in [5.74, 6) is 0.901. The van der Waals surface area contributed by atoms with E-state index in [9.17, 15) is 4.79 Å². The van der Waals surface area contributed by atoms with E-state index in [1.54, 1.807) is 7.11 Å². The molecule has 0 radical (unpaired) electrons. The number of carbonyl (C=O) groups is 1. The van der Waals surface area contributed by atoms with E-state index in [1.165, 1.54) is 0 Å². The third-order valence-electron chi connectivity index (χ3n) is 3.66. The highest BCUT2D eigenvalue weighted by molar-refractivity contribution is 6.01. The lowest BCUT2D eigenvalue weighted by Crippen LogP contribution is -2.24. The van der Waals surface area contributed by atoms with Gasteiger partial charge in [0.05, 0.1) is 7.11 Å². The first-order valence-electron chi connectivity index (χ1n) is 6.36. The third kappa shape index (κ3) is 2.56. The van der Waals surface area contributed by atoms with Crippen molar-refractivity contribution in [3.8, 4) is 5.75 Å². The van der Waals surface area contributed by atoms with Gasteiger partial charge in [0, 0.05) is 18.0 Å². The van der Waals surface area contributed by atoms with Crippen molar-refractivity contribution in [2.75, 3.05) is 13.7 Å². The summed E-state index contributed by atoms with van der Waals surface area (Å²) in [4.78, 5) is 12.5. The van der Waals surface area contributed by atoms with Crippen LogP contribution in [0.5, 0.6) is 5.75 Å². The molecular weight excluding hydrogens is 226 g/mol. The standard InChI is InChI=1S/C15H23NO2/c1-6-12(8-16)15(17)14-9(2)7-13(18-5)10(3)11(14)4/h7,12H,6,8,16H2,1-5H3. The van der Waals surface area contributed by atoms with Crippen molar-refractivity contribution >= 4 is 5.78 Å². The van der Waals surface area contributed by atoms with Crippen LogP contribution in [0.15, 0.2) is 6.07 Å². The van der Waals surface area contributed by atoms with Gasteiger partial charge < -0.3 is 10.5 Å². The number of nitrogens with two attached hydrogens (primary N) is 1. The molecule has 0 saturated carbocycles. The Morgan fingerprint density at radius 1 is 1.33 bits per heavy atom. The summed E-state index contributed by atoms with van der Waals surface area (Å²) in [5.41, 5.74) is 9.48. The Morgan fingerprint density at radius 2 is 1.94 bits per heavy atom. The van der Waals surface area contributed by atoms with Crippen molar-refractivity contribution in [3.63, 3.8) is 0 Å². The van der Waals surface area contributed by atoms with E-state index >= 15 is 0 Å². The second-order valence-electron chi connectivity index (χ2n) is 4.73. The van der Waals surface area contributed by atoms with Gasteiger partial charge in [0.2, 0.25) is 0 Å². The maximum Gasteiger partial charge on any atom is 0.167 e. The molecule has 0 fully saturated rings. The zero-order valence-electron chi connectivity index (χ0n) is 12.0. The van der Waals surface area contributed by atoms with Crippen molar-refractivity contribution in [1.82, 2.24) is 0 Å². The summed E-state index contributed by atoms with van der Waals surface area (Å²) in [6, 6.07) is 1.93. The maximum absolute atomic E-state index is 12.5. The van der Waals surface area contributed by atoms with Crippen LogP contribution in [-0.4, -0.2) is 19.4 Å². The molecule has 2 N–H and O–H groups in total. The maximum atomic E-state index is 12.5. The second kappa shape index (κ2) is 6.01. The van der Waals surface area contributed by atoms with E-state index < -0.39 is 0 Å². The molecule has 0 spiro atoms. The Balaban J connectivity index is 3.33. The van der Waals surface area contributed by atoms with Crippen LogP contribution >= 0.6 is 0 Å². The number of hydrogen-bond acceptors (Lipinski definition) is 3.